The molecule has 6 nitrogen and oxygen atoms in total. The molecule has 116 valence electrons. The van der Waals surface area contributed by atoms with Gasteiger partial charge in [0, 0.05) is 17.3 Å². The van der Waals surface area contributed by atoms with Gasteiger partial charge in [-0.3, -0.25) is 4.79 Å². The van der Waals surface area contributed by atoms with Crippen LogP contribution >= 0.6 is 0 Å². The molecule has 1 heterocycles. The summed E-state index contributed by atoms with van der Waals surface area (Å²) in [5.74, 6) is -0.858. The standard InChI is InChI=1S/C15H22N2O4/c1-7-12(9(3)18)8(2)16-13(7)15(20)21-10(4)14(19)17-11-5-6-11/h9-11,16,18H,5-6H2,1-4H3,(H,17,19)/t9-,10-/m1/s1. The van der Waals surface area contributed by atoms with Gasteiger partial charge in [-0.25, -0.2) is 4.79 Å². The number of aliphatic hydroxyl groups is 1. The number of H-pyrrole nitrogens is 1. The number of aryl methyl sites for hydroxylation is 1. The highest BCUT2D eigenvalue weighted by molar-refractivity contribution is 5.92. The van der Waals surface area contributed by atoms with Crippen LogP contribution in [0.3, 0.4) is 0 Å². The van der Waals surface area contributed by atoms with Crippen molar-refractivity contribution in [1.29, 1.82) is 0 Å². The predicted molar refractivity (Wildman–Crippen MR) is 76.9 cm³/mol. The van der Waals surface area contributed by atoms with E-state index in [1.54, 1.807) is 27.7 Å². The molecule has 1 fully saturated rings. The van der Waals surface area contributed by atoms with E-state index in [1.165, 1.54) is 0 Å². The number of nitrogens with one attached hydrogen (secondary N) is 2. The third-order valence-electron chi connectivity index (χ3n) is 3.69. The molecule has 1 aliphatic rings. The lowest BCUT2D eigenvalue weighted by molar-refractivity contribution is -0.129. The fourth-order valence-corrected chi connectivity index (χ4v) is 2.41. The molecule has 0 spiro atoms. The van der Waals surface area contributed by atoms with E-state index in [4.69, 9.17) is 4.74 Å². The Hall–Kier alpha value is -1.82. The quantitative estimate of drug-likeness (QED) is 0.718. The first-order chi connectivity index (χ1) is 9.81. The van der Waals surface area contributed by atoms with Crippen molar-refractivity contribution in [3.8, 4) is 0 Å². The van der Waals surface area contributed by atoms with E-state index in [0.717, 1.165) is 18.5 Å². The molecule has 1 aliphatic carbocycles. The normalized spacial score (nSPS) is 17.2. The maximum atomic E-state index is 12.2. The van der Waals surface area contributed by atoms with Crippen LogP contribution in [0.15, 0.2) is 0 Å². The van der Waals surface area contributed by atoms with Gasteiger partial charge in [-0.05, 0) is 46.1 Å². The van der Waals surface area contributed by atoms with Gasteiger partial charge in [0.05, 0.1) is 6.10 Å². The minimum absolute atomic E-state index is 0.231. The third-order valence-corrected chi connectivity index (χ3v) is 3.69. The van der Waals surface area contributed by atoms with Gasteiger partial charge in [-0.1, -0.05) is 0 Å². The highest BCUT2D eigenvalue weighted by atomic mass is 16.5. The highest BCUT2D eigenvalue weighted by Crippen LogP contribution is 2.25. The number of carbonyl (C=O) groups is 2. The Kier molecular flexibility index (Phi) is 4.37. The van der Waals surface area contributed by atoms with E-state index < -0.39 is 18.2 Å². The van der Waals surface area contributed by atoms with Crippen molar-refractivity contribution in [3.05, 3.63) is 22.5 Å². The molecule has 0 aromatic carbocycles. The minimum Gasteiger partial charge on any atom is -0.448 e. The molecular formula is C15H22N2O4. The third kappa shape index (κ3) is 3.44. The zero-order valence-electron chi connectivity index (χ0n) is 12.8. The number of amides is 1. The van der Waals surface area contributed by atoms with Crippen molar-refractivity contribution in [3.63, 3.8) is 0 Å². The molecule has 1 saturated carbocycles. The molecule has 6 heteroatoms. The Morgan fingerprint density at radius 3 is 2.43 bits per heavy atom. The number of esters is 1. The number of carbonyl (C=O) groups excluding carboxylic acids is 2. The molecule has 0 saturated heterocycles. The van der Waals surface area contributed by atoms with Crippen LogP contribution in [0.5, 0.6) is 0 Å². The number of aromatic nitrogens is 1. The second kappa shape index (κ2) is 5.89. The summed E-state index contributed by atoms with van der Waals surface area (Å²) in [7, 11) is 0. The molecule has 2 atom stereocenters. The largest absolute Gasteiger partial charge is 0.448 e. The van der Waals surface area contributed by atoms with E-state index in [-0.39, 0.29) is 17.6 Å². The van der Waals surface area contributed by atoms with Gasteiger partial charge in [-0.2, -0.15) is 0 Å². The lowest BCUT2D eigenvalue weighted by Gasteiger charge is -2.13. The maximum Gasteiger partial charge on any atom is 0.355 e. The molecule has 1 aromatic rings. The maximum absolute atomic E-state index is 12.2. The van der Waals surface area contributed by atoms with Crippen LogP contribution < -0.4 is 5.32 Å². The summed E-state index contributed by atoms with van der Waals surface area (Å²) in [6.45, 7) is 6.73. The first-order valence-corrected chi connectivity index (χ1v) is 7.19. The average molecular weight is 294 g/mol. The SMILES string of the molecule is Cc1[nH]c(C(=O)O[C@H](C)C(=O)NC2CC2)c(C)c1[C@@H](C)O. The number of aliphatic hydroxyl groups excluding tert-OH is 1. The molecule has 0 unspecified atom stereocenters. The fraction of sp³-hybridized carbons (Fsp3) is 0.600. The molecule has 0 bridgehead atoms. The lowest BCUT2D eigenvalue weighted by Crippen LogP contribution is -2.37. The number of aromatic amines is 1. The minimum atomic E-state index is -0.837. The van der Waals surface area contributed by atoms with E-state index in [2.05, 4.69) is 10.3 Å². The number of hydrogen-bond acceptors (Lipinski definition) is 4. The van der Waals surface area contributed by atoms with Gasteiger partial charge in [0.25, 0.3) is 5.91 Å². The monoisotopic (exact) mass is 294 g/mol. The molecule has 3 N–H and O–H groups in total. The summed E-state index contributed by atoms with van der Waals surface area (Å²) in [6.07, 6.45) is 0.465. The molecular weight excluding hydrogens is 272 g/mol. The Labute approximate surface area is 123 Å². The number of rotatable bonds is 5. The topological polar surface area (TPSA) is 91.4 Å². The van der Waals surface area contributed by atoms with E-state index in [1.807, 2.05) is 0 Å². The second-order valence-electron chi connectivity index (χ2n) is 5.67. The lowest BCUT2D eigenvalue weighted by atomic mass is 10.1. The van der Waals surface area contributed by atoms with Gasteiger partial charge < -0.3 is 20.1 Å². The van der Waals surface area contributed by atoms with Crippen LogP contribution in [0.2, 0.25) is 0 Å². The van der Waals surface area contributed by atoms with Crippen molar-refractivity contribution in [2.45, 2.75) is 58.8 Å². The predicted octanol–water partition coefficient (Wildman–Crippen LogP) is 1.51. The first kappa shape index (κ1) is 15.6. The molecule has 1 amide bonds. The van der Waals surface area contributed by atoms with Crippen LogP contribution in [-0.2, 0) is 9.53 Å². The van der Waals surface area contributed by atoms with Gasteiger partial charge in [-0.15, -0.1) is 0 Å². The number of ether oxygens (including phenoxy) is 1. The smallest absolute Gasteiger partial charge is 0.355 e. The summed E-state index contributed by atoms with van der Waals surface area (Å²) >= 11 is 0. The Balaban J connectivity index is 2.06. The van der Waals surface area contributed by atoms with Crippen molar-refractivity contribution >= 4 is 11.9 Å². The zero-order chi connectivity index (χ0) is 15.7. The van der Waals surface area contributed by atoms with E-state index in [9.17, 15) is 14.7 Å². The molecule has 0 radical (unpaired) electrons. The van der Waals surface area contributed by atoms with Crippen molar-refractivity contribution in [2.24, 2.45) is 0 Å². The summed E-state index contributed by atoms with van der Waals surface area (Å²) in [5, 5.41) is 12.5. The Morgan fingerprint density at radius 1 is 1.33 bits per heavy atom. The molecule has 1 aromatic heterocycles. The van der Waals surface area contributed by atoms with Crippen molar-refractivity contribution < 1.29 is 19.4 Å². The van der Waals surface area contributed by atoms with Crippen LogP contribution in [-0.4, -0.2) is 34.1 Å². The Bertz CT molecular complexity index is 558. The molecule has 21 heavy (non-hydrogen) atoms. The van der Waals surface area contributed by atoms with Gasteiger partial charge >= 0.3 is 5.97 Å². The van der Waals surface area contributed by atoms with E-state index in [0.29, 0.717) is 11.1 Å². The molecule has 0 aliphatic heterocycles. The summed E-state index contributed by atoms with van der Waals surface area (Å²) in [6, 6.07) is 0.231. The summed E-state index contributed by atoms with van der Waals surface area (Å²) in [4.78, 5) is 26.9. The fourth-order valence-electron chi connectivity index (χ4n) is 2.41. The summed E-state index contributed by atoms with van der Waals surface area (Å²) in [5.41, 5.74) is 2.36. The molecule has 2 rings (SSSR count). The van der Waals surface area contributed by atoms with Crippen LogP contribution in [0, 0.1) is 13.8 Å². The van der Waals surface area contributed by atoms with Crippen molar-refractivity contribution in [1.82, 2.24) is 10.3 Å². The van der Waals surface area contributed by atoms with Crippen LogP contribution in [0.1, 0.15) is 60.1 Å². The Morgan fingerprint density at radius 2 is 1.95 bits per heavy atom. The summed E-state index contributed by atoms with van der Waals surface area (Å²) < 4.78 is 5.19. The van der Waals surface area contributed by atoms with Crippen LogP contribution in [0.25, 0.3) is 0 Å². The average Bonchev–Trinajstić information content (AvgIpc) is 3.13. The first-order valence-electron chi connectivity index (χ1n) is 7.19. The zero-order valence-corrected chi connectivity index (χ0v) is 12.8. The second-order valence-corrected chi connectivity index (χ2v) is 5.67. The van der Waals surface area contributed by atoms with Crippen molar-refractivity contribution in [2.75, 3.05) is 0 Å². The van der Waals surface area contributed by atoms with E-state index >= 15 is 0 Å². The van der Waals surface area contributed by atoms with Crippen LogP contribution in [0.4, 0.5) is 0 Å². The number of hydrogen-bond donors (Lipinski definition) is 3. The van der Waals surface area contributed by atoms with Gasteiger partial charge in [0.15, 0.2) is 6.10 Å². The van der Waals surface area contributed by atoms with Gasteiger partial charge in [0.2, 0.25) is 0 Å². The van der Waals surface area contributed by atoms with Gasteiger partial charge in [0.1, 0.15) is 5.69 Å². The highest BCUT2D eigenvalue weighted by Gasteiger charge is 2.28.